The first-order valence-electron chi connectivity index (χ1n) is 6.37. The molecule has 0 unspecified atom stereocenters. The van der Waals surface area contributed by atoms with Gasteiger partial charge in [0.05, 0.1) is 23.6 Å². The van der Waals surface area contributed by atoms with E-state index in [1.54, 1.807) is 18.7 Å². The highest BCUT2D eigenvalue weighted by Crippen LogP contribution is 2.18. The molecule has 0 bridgehead atoms. The summed E-state index contributed by atoms with van der Waals surface area (Å²) in [6, 6.07) is 0. The van der Waals surface area contributed by atoms with E-state index in [-0.39, 0.29) is 12.2 Å². The number of rotatable bonds is 6. The van der Waals surface area contributed by atoms with Crippen LogP contribution >= 0.6 is 0 Å². The van der Waals surface area contributed by atoms with Crippen LogP contribution in [0.4, 0.5) is 5.69 Å². The summed E-state index contributed by atoms with van der Waals surface area (Å²) in [5.74, 6) is -0.438. The minimum absolute atomic E-state index is 0.285. The third-order valence-electron chi connectivity index (χ3n) is 3.16. The van der Waals surface area contributed by atoms with Crippen LogP contribution in [0.1, 0.15) is 43.4 Å². The highest BCUT2D eigenvalue weighted by Gasteiger charge is 2.22. The van der Waals surface area contributed by atoms with Crippen LogP contribution < -0.4 is 5.73 Å². The molecule has 108 valence electrons. The fraction of sp³-hybridized carbons (Fsp3) is 0.692. The average molecular weight is 269 g/mol. The van der Waals surface area contributed by atoms with Gasteiger partial charge in [-0.25, -0.2) is 4.79 Å². The van der Waals surface area contributed by atoms with Crippen molar-refractivity contribution in [3.05, 3.63) is 11.4 Å². The number of carbonyl (C=O) groups is 1. The van der Waals surface area contributed by atoms with Crippen molar-refractivity contribution in [2.45, 2.75) is 46.3 Å². The number of aromatic nitrogens is 2. The largest absolute Gasteiger partial charge is 0.461 e. The number of methoxy groups -OCH3 is 1. The normalized spacial score (nSPS) is 11.6. The predicted molar refractivity (Wildman–Crippen MR) is 73.0 cm³/mol. The molecule has 0 aromatic carbocycles. The van der Waals surface area contributed by atoms with Gasteiger partial charge in [-0.15, -0.1) is 0 Å². The summed E-state index contributed by atoms with van der Waals surface area (Å²) < 4.78 is 12.1. The van der Waals surface area contributed by atoms with Gasteiger partial charge in [0.1, 0.15) is 0 Å². The monoisotopic (exact) mass is 269 g/mol. The Morgan fingerprint density at radius 1 is 1.47 bits per heavy atom. The summed E-state index contributed by atoms with van der Waals surface area (Å²) in [6.07, 6.45) is 0.619. The van der Waals surface area contributed by atoms with E-state index >= 15 is 0 Å². The standard InChI is InChI=1S/C13H23N3O3/c1-6-16-11(10(14)9(2)15-16)12(17)19-8-7-13(3,4)18-5/h6-8,14H2,1-5H3. The SMILES string of the molecule is CCn1nc(C)c(N)c1C(=O)OCCC(C)(C)OC. The lowest BCUT2D eigenvalue weighted by atomic mass is 10.1. The maximum absolute atomic E-state index is 12.0. The molecular weight excluding hydrogens is 246 g/mol. The van der Waals surface area contributed by atoms with Gasteiger partial charge in [-0.2, -0.15) is 5.10 Å². The third-order valence-corrected chi connectivity index (χ3v) is 3.16. The molecule has 6 heteroatoms. The van der Waals surface area contributed by atoms with E-state index in [1.807, 2.05) is 20.8 Å². The lowest BCUT2D eigenvalue weighted by molar-refractivity contribution is -0.00593. The molecule has 0 atom stereocenters. The molecule has 0 amide bonds. The minimum Gasteiger partial charge on any atom is -0.461 e. The molecule has 0 saturated carbocycles. The molecule has 1 rings (SSSR count). The Labute approximate surface area is 113 Å². The van der Waals surface area contributed by atoms with E-state index in [2.05, 4.69) is 5.10 Å². The van der Waals surface area contributed by atoms with Gasteiger partial charge in [0.15, 0.2) is 5.69 Å². The van der Waals surface area contributed by atoms with Crippen LogP contribution in [0.2, 0.25) is 0 Å². The Hall–Kier alpha value is -1.56. The number of anilines is 1. The van der Waals surface area contributed by atoms with Crippen LogP contribution in [0.3, 0.4) is 0 Å². The number of carbonyl (C=O) groups excluding carboxylic acids is 1. The van der Waals surface area contributed by atoms with Gasteiger partial charge >= 0.3 is 5.97 Å². The second-order valence-corrected chi connectivity index (χ2v) is 5.01. The Morgan fingerprint density at radius 2 is 2.11 bits per heavy atom. The first-order valence-corrected chi connectivity index (χ1v) is 6.37. The minimum atomic E-state index is -0.438. The predicted octanol–water partition coefficient (Wildman–Crippen LogP) is 1.77. The van der Waals surface area contributed by atoms with Gasteiger partial charge in [-0.1, -0.05) is 0 Å². The van der Waals surface area contributed by atoms with E-state index < -0.39 is 5.97 Å². The van der Waals surface area contributed by atoms with Crippen molar-refractivity contribution in [1.29, 1.82) is 0 Å². The molecule has 0 radical (unpaired) electrons. The van der Waals surface area contributed by atoms with Crippen molar-refractivity contribution in [2.75, 3.05) is 19.5 Å². The summed E-state index contributed by atoms with van der Waals surface area (Å²) >= 11 is 0. The second kappa shape index (κ2) is 6.06. The Kier molecular flexibility index (Phi) is 4.94. The number of hydrogen-bond acceptors (Lipinski definition) is 5. The Bertz CT molecular complexity index is 452. The molecule has 0 saturated heterocycles. The van der Waals surface area contributed by atoms with Crippen molar-refractivity contribution in [3.63, 3.8) is 0 Å². The van der Waals surface area contributed by atoms with Crippen LogP contribution in [0.25, 0.3) is 0 Å². The molecule has 6 nitrogen and oxygen atoms in total. The molecule has 1 aromatic rings. The molecule has 2 N–H and O–H groups in total. The van der Waals surface area contributed by atoms with Gasteiger partial charge in [0.2, 0.25) is 0 Å². The van der Waals surface area contributed by atoms with Crippen LogP contribution in [0.5, 0.6) is 0 Å². The number of nitrogen functional groups attached to an aromatic ring is 1. The first kappa shape index (κ1) is 15.5. The summed E-state index contributed by atoms with van der Waals surface area (Å²) in [5.41, 5.74) is 6.90. The Morgan fingerprint density at radius 3 is 2.63 bits per heavy atom. The summed E-state index contributed by atoms with van der Waals surface area (Å²) in [5, 5.41) is 4.19. The van der Waals surface area contributed by atoms with E-state index in [0.717, 1.165) is 0 Å². The van der Waals surface area contributed by atoms with Crippen molar-refractivity contribution in [1.82, 2.24) is 9.78 Å². The zero-order chi connectivity index (χ0) is 14.6. The van der Waals surface area contributed by atoms with E-state index in [4.69, 9.17) is 15.2 Å². The lowest BCUT2D eigenvalue weighted by Gasteiger charge is -2.22. The van der Waals surface area contributed by atoms with Crippen molar-refractivity contribution in [2.24, 2.45) is 0 Å². The smallest absolute Gasteiger partial charge is 0.358 e. The van der Waals surface area contributed by atoms with Gasteiger partial charge in [0, 0.05) is 20.1 Å². The quantitative estimate of drug-likeness (QED) is 0.796. The second-order valence-electron chi connectivity index (χ2n) is 5.01. The summed E-state index contributed by atoms with van der Waals surface area (Å²) in [6.45, 7) is 8.41. The first-order chi connectivity index (χ1) is 8.82. The fourth-order valence-corrected chi connectivity index (χ4v) is 1.60. The zero-order valence-corrected chi connectivity index (χ0v) is 12.3. The number of aryl methyl sites for hydroxylation is 2. The van der Waals surface area contributed by atoms with Gasteiger partial charge in [-0.3, -0.25) is 4.68 Å². The highest BCUT2D eigenvalue weighted by molar-refractivity contribution is 5.93. The lowest BCUT2D eigenvalue weighted by Crippen LogP contribution is -2.25. The number of hydrogen-bond donors (Lipinski definition) is 1. The fourth-order valence-electron chi connectivity index (χ4n) is 1.60. The van der Waals surface area contributed by atoms with Gasteiger partial charge < -0.3 is 15.2 Å². The van der Waals surface area contributed by atoms with Crippen molar-refractivity contribution < 1.29 is 14.3 Å². The summed E-state index contributed by atoms with van der Waals surface area (Å²) in [7, 11) is 1.63. The van der Waals surface area contributed by atoms with Crippen LogP contribution in [0, 0.1) is 6.92 Å². The molecule has 1 heterocycles. The third kappa shape index (κ3) is 3.70. The Balaban J connectivity index is 2.69. The van der Waals surface area contributed by atoms with Crippen molar-refractivity contribution in [3.8, 4) is 0 Å². The summed E-state index contributed by atoms with van der Waals surface area (Å²) in [4.78, 5) is 12.0. The number of esters is 1. The van der Waals surface area contributed by atoms with E-state index in [1.165, 1.54) is 0 Å². The highest BCUT2D eigenvalue weighted by atomic mass is 16.5. The number of nitrogens with zero attached hydrogens (tertiary/aromatic N) is 2. The molecule has 0 spiro atoms. The molecule has 1 aromatic heterocycles. The van der Waals surface area contributed by atoms with Crippen LogP contribution in [-0.4, -0.2) is 35.1 Å². The molecule has 19 heavy (non-hydrogen) atoms. The van der Waals surface area contributed by atoms with Gasteiger partial charge in [-0.05, 0) is 27.7 Å². The molecule has 0 aliphatic rings. The van der Waals surface area contributed by atoms with Crippen LogP contribution in [0.15, 0.2) is 0 Å². The molecule has 0 aliphatic heterocycles. The van der Waals surface area contributed by atoms with E-state index in [9.17, 15) is 4.79 Å². The van der Waals surface area contributed by atoms with Gasteiger partial charge in [0.25, 0.3) is 0 Å². The average Bonchev–Trinajstić information content (AvgIpc) is 2.65. The maximum atomic E-state index is 12.0. The maximum Gasteiger partial charge on any atom is 0.358 e. The topological polar surface area (TPSA) is 79.4 Å². The van der Waals surface area contributed by atoms with E-state index in [0.29, 0.717) is 30.0 Å². The molecular formula is C13H23N3O3. The van der Waals surface area contributed by atoms with Crippen LogP contribution in [-0.2, 0) is 16.0 Å². The molecule has 0 aliphatic carbocycles. The molecule has 0 fully saturated rings. The number of ether oxygens (including phenoxy) is 2. The number of nitrogens with two attached hydrogens (primary N) is 1. The zero-order valence-electron chi connectivity index (χ0n) is 12.3. The van der Waals surface area contributed by atoms with Crippen molar-refractivity contribution >= 4 is 11.7 Å².